The highest BCUT2D eigenvalue weighted by molar-refractivity contribution is 5.42. The zero-order valence-corrected chi connectivity index (χ0v) is 10.3. The molecule has 0 saturated heterocycles. The van der Waals surface area contributed by atoms with Crippen molar-refractivity contribution in [3.63, 3.8) is 0 Å². The number of fused-ring (bicyclic) bond motifs is 1. The van der Waals surface area contributed by atoms with Crippen LogP contribution in [0.25, 0.3) is 5.65 Å². The van der Waals surface area contributed by atoms with Gasteiger partial charge >= 0.3 is 5.69 Å². The monoisotopic (exact) mass is 235 g/mol. The van der Waals surface area contributed by atoms with Crippen molar-refractivity contribution in [1.82, 2.24) is 19.8 Å². The molecule has 2 aromatic rings. The average Bonchev–Trinajstić information content (AvgIpc) is 2.68. The van der Waals surface area contributed by atoms with Gasteiger partial charge in [-0.3, -0.25) is 0 Å². The summed E-state index contributed by atoms with van der Waals surface area (Å²) in [7, 11) is 0. The maximum absolute atomic E-state index is 11.3. The van der Waals surface area contributed by atoms with E-state index in [0.717, 1.165) is 6.54 Å². The van der Waals surface area contributed by atoms with E-state index in [1.807, 2.05) is 6.07 Å². The fourth-order valence-corrected chi connectivity index (χ4v) is 1.40. The Bertz CT molecular complexity index is 556. The molecular formula is C11H17N5O. The van der Waals surface area contributed by atoms with Crippen LogP contribution in [0.4, 0.5) is 5.82 Å². The van der Waals surface area contributed by atoms with Gasteiger partial charge in [0.25, 0.3) is 0 Å². The SMILES string of the molecule is CC(C)C(C)CNc1ccc2n[nH]c(=O)n2n1. The van der Waals surface area contributed by atoms with Gasteiger partial charge in [0.2, 0.25) is 0 Å². The van der Waals surface area contributed by atoms with Crippen LogP contribution < -0.4 is 11.0 Å². The third kappa shape index (κ3) is 2.46. The van der Waals surface area contributed by atoms with Crippen LogP contribution in [0.15, 0.2) is 16.9 Å². The van der Waals surface area contributed by atoms with Crippen LogP contribution >= 0.6 is 0 Å². The van der Waals surface area contributed by atoms with Gasteiger partial charge in [-0.2, -0.15) is 9.61 Å². The van der Waals surface area contributed by atoms with Gasteiger partial charge in [-0.1, -0.05) is 20.8 Å². The summed E-state index contributed by atoms with van der Waals surface area (Å²) in [6.07, 6.45) is 0. The highest BCUT2D eigenvalue weighted by atomic mass is 16.2. The molecule has 0 saturated carbocycles. The molecule has 0 aromatic carbocycles. The number of aromatic amines is 1. The Morgan fingerprint density at radius 1 is 1.41 bits per heavy atom. The van der Waals surface area contributed by atoms with Gasteiger partial charge in [0.1, 0.15) is 5.82 Å². The number of anilines is 1. The summed E-state index contributed by atoms with van der Waals surface area (Å²) in [4.78, 5) is 11.3. The van der Waals surface area contributed by atoms with Gasteiger partial charge < -0.3 is 5.32 Å². The summed E-state index contributed by atoms with van der Waals surface area (Å²) in [6.45, 7) is 7.39. The molecule has 1 unspecified atom stereocenters. The summed E-state index contributed by atoms with van der Waals surface area (Å²) in [5, 5.41) is 13.6. The largest absolute Gasteiger partial charge is 0.368 e. The molecule has 92 valence electrons. The summed E-state index contributed by atoms with van der Waals surface area (Å²) in [6, 6.07) is 3.58. The molecule has 0 aliphatic rings. The lowest BCUT2D eigenvalue weighted by Crippen LogP contribution is -2.19. The van der Waals surface area contributed by atoms with E-state index >= 15 is 0 Å². The number of H-pyrrole nitrogens is 1. The van der Waals surface area contributed by atoms with Crippen LogP contribution in [0.2, 0.25) is 0 Å². The number of hydrogen-bond donors (Lipinski definition) is 2. The van der Waals surface area contributed by atoms with E-state index < -0.39 is 0 Å². The van der Waals surface area contributed by atoms with E-state index in [9.17, 15) is 4.79 Å². The lowest BCUT2D eigenvalue weighted by atomic mass is 9.98. The van der Waals surface area contributed by atoms with Crippen molar-refractivity contribution in [2.24, 2.45) is 11.8 Å². The van der Waals surface area contributed by atoms with Gasteiger partial charge in [-0.05, 0) is 24.0 Å². The minimum absolute atomic E-state index is 0.319. The summed E-state index contributed by atoms with van der Waals surface area (Å²) in [5.41, 5.74) is 0.206. The Morgan fingerprint density at radius 2 is 2.18 bits per heavy atom. The molecule has 1 atom stereocenters. The quantitative estimate of drug-likeness (QED) is 0.832. The Hall–Kier alpha value is -1.85. The maximum atomic E-state index is 11.3. The van der Waals surface area contributed by atoms with Crippen LogP contribution in [0.5, 0.6) is 0 Å². The smallest absolute Gasteiger partial charge is 0.364 e. The van der Waals surface area contributed by atoms with E-state index in [2.05, 4.69) is 41.4 Å². The van der Waals surface area contributed by atoms with Gasteiger partial charge in [0.05, 0.1) is 0 Å². The second-order valence-electron chi connectivity index (χ2n) is 4.62. The Morgan fingerprint density at radius 3 is 2.88 bits per heavy atom. The highest BCUT2D eigenvalue weighted by Crippen LogP contribution is 2.11. The topological polar surface area (TPSA) is 75.1 Å². The molecule has 17 heavy (non-hydrogen) atoms. The first-order chi connectivity index (χ1) is 8.08. The van der Waals surface area contributed by atoms with Crippen molar-refractivity contribution in [1.29, 1.82) is 0 Å². The van der Waals surface area contributed by atoms with E-state index in [4.69, 9.17) is 0 Å². The lowest BCUT2D eigenvalue weighted by Gasteiger charge is -2.16. The van der Waals surface area contributed by atoms with E-state index in [-0.39, 0.29) is 5.69 Å². The van der Waals surface area contributed by atoms with Gasteiger partial charge in [-0.15, -0.1) is 5.10 Å². The second-order valence-corrected chi connectivity index (χ2v) is 4.62. The van der Waals surface area contributed by atoms with Crippen molar-refractivity contribution < 1.29 is 0 Å². The standard InChI is InChI=1S/C11H17N5O/c1-7(2)8(3)6-12-9-4-5-10-13-14-11(17)16(10)15-9/h4-5,7-8H,6H2,1-3H3,(H,12,15)(H,14,17). The van der Waals surface area contributed by atoms with E-state index in [1.54, 1.807) is 6.07 Å². The van der Waals surface area contributed by atoms with E-state index in [1.165, 1.54) is 4.52 Å². The van der Waals surface area contributed by atoms with Gasteiger partial charge in [-0.25, -0.2) is 9.89 Å². The van der Waals surface area contributed by atoms with E-state index in [0.29, 0.717) is 23.3 Å². The third-order valence-corrected chi connectivity index (χ3v) is 3.02. The molecule has 2 rings (SSSR count). The zero-order chi connectivity index (χ0) is 12.4. The van der Waals surface area contributed by atoms with Gasteiger partial charge in [0, 0.05) is 6.54 Å². The normalized spacial score (nSPS) is 13.2. The number of nitrogens with one attached hydrogen (secondary N) is 2. The van der Waals surface area contributed by atoms with Crippen molar-refractivity contribution in [3.05, 3.63) is 22.6 Å². The maximum Gasteiger partial charge on any atom is 0.364 e. The summed E-state index contributed by atoms with van der Waals surface area (Å²) in [5.74, 6) is 1.85. The molecule has 2 N–H and O–H groups in total. The molecule has 6 nitrogen and oxygen atoms in total. The predicted molar refractivity (Wildman–Crippen MR) is 66.1 cm³/mol. The molecular weight excluding hydrogens is 218 g/mol. The highest BCUT2D eigenvalue weighted by Gasteiger charge is 2.07. The minimum Gasteiger partial charge on any atom is -0.368 e. The fraction of sp³-hybridized carbons (Fsp3) is 0.545. The van der Waals surface area contributed by atoms with Crippen molar-refractivity contribution in [2.45, 2.75) is 20.8 Å². The first-order valence-corrected chi connectivity index (χ1v) is 5.76. The zero-order valence-electron chi connectivity index (χ0n) is 10.3. The summed E-state index contributed by atoms with van der Waals surface area (Å²) < 4.78 is 1.25. The Balaban J connectivity index is 2.14. The number of rotatable bonds is 4. The molecule has 0 aliphatic carbocycles. The van der Waals surface area contributed by atoms with Crippen LogP contribution in [0.1, 0.15) is 20.8 Å². The van der Waals surface area contributed by atoms with Crippen LogP contribution in [0.3, 0.4) is 0 Å². The van der Waals surface area contributed by atoms with Crippen molar-refractivity contribution in [3.8, 4) is 0 Å². The summed E-state index contributed by atoms with van der Waals surface area (Å²) >= 11 is 0. The van der Waals surface area contributed by atoms with Gasteiger partial charge in [0.15, 0.2) is 5.65 Å². The average molecular weight is 235 g/mol. The van der Waals surface area contributed by atoms with Crippen molar-refractivity contribution in [2.75, 3.05) is 11.9 Å². The predicted octanol–water partition coefficient (Wildman–Crippen LogP) is 1.12. The first kappa shape index (κ1) is 11.6. The first-order valence-electron chi connectivity index (χ1n) is 5.76. The lowest BCUT2D eigenvalue weighted by molar-refractivity contribution is 0.439. The molecule has 0 radical (unpaired) electrons. The second kappa shape index (κ2) is 4.57. The third-order valence-electron chi connectivity index (χ3n) is 3.02. The van der Waals surface area contributed by atoms with Crippen LogP contribution in [-0.4, -0.2) is 26.4 Å². The molecule has 0 bridgehead atoms. The Labute approximate surface area is 99.0 Å². The van der Waals surface area contributed by atoms with Crippen molar-refractivity contribution >= 4 is 11.5 Å². The number of nitrogens with zero attached hydrogens (tertiary/aromatic N) is 3. The number of hydrogen-bond acceptors (Lipinski definition) is 4. The molecule has 2 heterocycles. The molecule has 0 spiro atoms. The molecule has 0 aliphatic heterocycles. The number of aromatic nitrogens is 4. The molecule has 0 amide bonds. The fourth-order valence-electron chi connectivity index (χ4n) is 1.40. The molecule has 0 fully saturated rings. The Kier molecular flexibility index (Phi) is 3.12. The van der Waals surface area contributed by atoms with Crippen LogP contribution in [-0.2, 0) is 0 Å². The molecule has 6 heteroatoms. The minimum atomic E-state index is -0.319. The van der Waals surface area contributed by atoms with Crippen LogP contribution in [0, 0.1) is 11.8 Å². The molecule has 2 aromatic heterocycles.